The molecule has 0 fully saturated rings. The Kier molecular flexibility index (Phi) is 5.67. The number of hydrogen-bond acceptors (Lipinski definition) is 4. The van der Waals surface area contributed by atoms with Gasteiger partial charge in [-0.15, -0.1) is 0 Å². The molecule has 0 spiro atoms. The van der Waals surface area contributed by atoms with Crippen molar-refractivity contribution >= 4 is 11.6 Å². The van der Waals surface area contributed by atoms with E-state index in [0.29, 0.717) is 16.2 Å². The first-order chi connectivity index (χ1) is 12.5. The first kappa shape index (κ1) is 20.1. The zero-order chi connectivity index (χ0) is 20.4. The van der Waals surface area contributed by atoms with Gasteiger partial charge in [0.1, 0.15) is 12.1 Å². The van der Waals surface area contributed by atoms with Crippen molar-refractivity contribution in [3.63, 3.8) is 0 Å². The van der Waals surface area contributed by atoms with E-state index in [1.54, 1.807) is 13.0 Å². The summed E-state index contributed by atoms with van der Waals surface area (Å²) in [5.74, 6) is -0.615. The maximum absolute atomic E-state index is 12.8. The van der Waals surface area contributed by atoms with Crippen molar-refractivity contribution in [2.45, 2.75) is 25.7 Å². The van der Waals surface area contributed by atoms with E-state index in [2.05, 4.69) is 0 Å². The summed E-state index contributed by atoms with van der Waals surface area (Å²) in [5.41, 5.74) is -2.33. The smallest absolute Gasteiger partial charge is 0.337 e. The fourth-order valence-corrected chi connectivity index (χ4v) is 2.47. The molecular formula is C17H16F3N3O4. The van der Waals surface area contributed by atoms with Gasteiger partial charge in [0.2, 0.25) is 5.91 Å². The fraction of sp³-hybridized carbons (Fsp3) is 0.294. The molecule has 10 heteroatoms. The van der Waals surface area contributed by atoms with Crippen LogP contribution in [-0.4, -0.2) is 27.3 Å². The van der Waals surface area contributed by atoms with Crippen LogP contribution in [0.1, 0.15) is 24.1 Å². The SMILES string of the molecule is CC(c1cccc([N+](=O)[O-])c1)N(C)C(=O)Cn1cccc(C(F)(F)F)c1=O. The largest absolute Gasteiger partial charge is 0.421 e. The number of benzene rings is 1. The van der Waals surface area contributed by atoms with E-state index in [4.69, 9.17) is 0 Å². The average molecular weight is 383 g/mol. The highest BCUT2D eigenvalue weighted by Crippen LogP contribution is 2.26. The molecule has 0 saturated heterocycles. The Morgan fingerprint density at radius 1 is 1.30 bits per heavy atom. The number of nitro benzene ring substituents is 1. The Morgan fingerprint density at radius 3 is 2.56 bits per heavy atom. The van der Waals surface area contributed by atoms with Crippen LogP contribution in [0.3, 0.4) is 0 Å². The molecule has 0 bridgehead atoms. The van der Waals surface area contributed by atoms with Crippen molar-refractivity contribution in [1.82, 2.24) is 9.47 Å². The Bertz CT molecular complexity index is 924. The number of carbonyl (C=O) groups is 1. The molecular weight excluding hydrogens is 367 g/mol. The zero-order valence-corrected chi connectivity index (χ0v) is 14.4. The molecule has 0 aliphatic heterocycles. The molecule has 1 unspecified atom stereocenters. The third-order valence-corrected chi connectivity index (χ3v) is 4.17. The van der Waals surface area contributed by atoms with Crippen molar-refractivity contribution in [3.8, 4) is 0 Å². The molecule has 2 rings (SSSR count). The summed E-state index contributed by atoms with van der Waals surface area (Å²) in [4.78, 5) is 35.9. The minimum absolute atomic E-state index is 0.144. The first-order valence-corrected chi connectivity index (χ1v) is 7.79. The van der Waals surface area contributed by atoms with Crippen LogP contribution in [0.25, 0.3) is 0 Å². The van der Waals surface area contributed by atoms with Gasteiger partial charge in [-0.2, -0.15) is 13.2 Å². The lowest BCUT2D eigenvalue weighted by atomic mass is 10.1. The number of pyridine rings is 1. The quantitative estimate of drug-likeness (QED) is 0.587. The Hall–Kier alpha value is -3.17. The predicted octanol–water partition coefficient (Wildman–Crippen LogP) is 2.99. The number of nitro groups is 1. The number of halogens is 3. The van der Waals surface area contributed by atoms with Crippen molar-refractivity contribution in [2.75, 3.05) is 7.05 Å². The van der Waals surface area contributed by atoms with Crippen LogP contribution >= 0.6 is 0 Å². The van der Waals surface area contributed by atoms with Crippen LogP contribution in [-0.2, 0) is 17.5 Å². The van der Waals surface area contributed by atoms with Crippen LogP contribution in [0.2, 0.25) is 0 Å². The van der Waals surface area contributed by atoms with Gasteiger partial charge in [-0.1, -0.05) is 12.1 Å². The Balaban J connectivity index is 2.22. The highest BCUT2D eigenvalue weighted by Gasteiger charge is 2.34. The summed E-state index contributed by atoms with van der Waals surface area (Å²) in [7, 11) is 1.41. The predicted molar refractivity (Wildman–Crippen MR) is 90.0 cm³/mol. The van der Waals surface area contributed by atoms with Gasteiger partial charge in [0.05, 0.1) is 11.0 Å². The number of hydrogen-bond donors (Lipinski definition) is 0. The number of likely N-dealkylation sites (N-methyl/N-ethyl adjacent to an activating group) is 1. The minimum Gasteiger partial charge on any atom is -0.337 e. The third kappa shape index (κ3) is 4.52. The number of nitrogens with zero attached hydrogens (tertiary/aromatic N) is 3. The molecule has 7 nitrogen and oxygen atoms in total. The van der Waals surface area contributed by atoms with Gasteiger partial charge in [0.15, 0.2) is 0 Å². The van der Waals surface area contributed by atoms with Crippen molar-refractivity contribution < 1.29 is 22.9 Å². The lowest BCUT2D eigenvalue weighted by Crippen LogP contribution is -2.37. The summed E-state index contributed by atoms with van der Waals surface area (Å²) in [6.07, 6.45) is -3.72. The van der Waals surface area contributed by atoms with Crippen LogP contribution < -0.4 is 5.56 Å². The number of rotatable bonds is 5. The van der Waals surface area contributed by atoms with E-state index in [1.165, 1.54) is 30.1 Å². The van der Waals surface area contributed by atoms with Gasteiger partial charge in [0.25, 0.3) is 11.2 Å². The molecule has 144 valence electrons. The molecule has 1 atom stereocenters. The molecule has 0 saturated carbocycles. The topological polar surface area (TPSA) is 85.4 Å². The molecule has 1 aromatic heterocycles. The molecule has 0 aliphatic carbocycles. The monoisotopic (exact) mass is 383 g/mol. The molecule has 1 aromatic carbocycles. The Morgan fingerprint density at radius 2 is 1.96 bits per heavy atom. The van der Waals surface area contributed by atoms with E-state index in [9.17, 15) is 32.9 Å². The van der Waals surface area contributed by atoms with Crippen LogP contribution in [0.4, 0.5) is 18.9 Å². The molecule has 27 heavy (non-hydrogen) atoms. The van der Waals surface area contributed by atoms with E-state index in [0.717, 1.165) is 12.3 Å². The van der Waals surface area contributed by atoms with E-state index >= 15 is 0 Å². The number of amides is 1. The summed E-state index contributed by atoms with van der Waals surface area (Å²) >= 11 is 0. The summed E-state index contributed by atoms with van der Waals surface area (Å²) in [6, 6.07) is 6.79. The number of carbonyl (C=O) groups excluding carboxylic acids is 1. The molecule has 0 aliphatic rings. The fourth-order valence-electron chi connectivity index (χ4n) is 2.47. The second kappa shape index (κ2) is 7.60. The second-order valence-electron chi connectivity index (χ2n) is 5.89. The second-order valence-corrected chi connectivity index (χ2v) is 5.89. The molecule has 2 aromatic rings. The lowest BCUT2D eigenvalue weighted by Gasteiger charge is -2.25. The van der Waals surface area contributed by atoms with Crippen LogP contribution in [0.15, 0.2) is 47.4 Å². The Labute approximate surface area is 151 Å². The van der Waals surface area contributed by atoms with Crippen LogP contribution in [0, 0.1) is 10.1 Å². The van der Waals surface area contributed by atoms with Gasteiger partial charge in [-0.25, -0.2) is 0 Å². The lowest BCUT2D eigenvalue weighted by molar-refractivity contribution is -0.384. The van der Waals surface area contributed by atoms with Crippen molar-refractivity contribution in [3.05, 3.63) is 74.2 Å². The summed E-state index contributed by atoms with van der Waals surface area (Å²) < 4.78 is 39.1. The van der Waals surface area contributed by atoms with Gasteiger partial charge in [0, 0.05) is 25.4 Å². The standard InChI is InChI=1S/C17H16F3N3O4/c1-11(12-5-3-6-13(9-12)23(26)27)21(2)15(24)10-22-8-4-7-14(16(22)25)17(18,19)20/h3-9,11H,10H2,1-2H3. The summed E-state index contributed by atoms with van der Waals surface area (Å²) in [6.45, 7) is 1.03. The number of alkyl halides is 3. The molecule has 1 amide bonds. The molecule has 0 N–H and O–H groups in total. The highest BCUT2D eigenvalue weighted by molar-refractivity contribution is 5.76. The maximum atomic E-state index is 12.8. The molecule has 0 radical (unpaired) electrons. The van der Waals surface area contributed by atoms with Gasteiger partial charge >= 0.3 is 6.18 Å². The van der Waals surface area contributed by atoms with Gasteiger partial charge < -0.3 is 9.47 Å². The number of aromatic nitrogens is 1. The van der Waals surface area contributed by atoms with Crippen LogP contribution in [0.5, 0.6) is 0 Å². The zero-order valence-electron chi connectivity index (χ0n) is 14.4. The summed E-state index contributed by atoms with van der Waals surface area (Å²) in [5, 5.41) is 10.9. The van der Waals surface area contributed by atoms with Crippen molar-refractivity contribution in [2.24, 2.45) is 0 Å². The van der Waals surface area contributed by atoms with Crippen molar-refractivity contribution in [1.29, 1.82) is 0 Å². The van der Waals surface area contributed by atoms with E-state index in [-0.39, 0.29) is 5.69 Å². The third-order valence-electron chi connectivity index (χ3n) is 4.17. The van der Waals surface area contributed by atoms with Gasteiger partial charge in [-0.3, -0.25) is 19.7 Å². The van der Waals surface area contributed by atoms with E-state index < -0.39 is 40.7 Å². The number of non-ortho nitro benzene ring substituents is 1. The van der Waals surface area contributed by atoms with E-state index in [1.807, 2.05) is 0 Å². The highest BCUT2D eigenvalue weighted by atomic mass is 19.4. The normalized spacial score (nSPS) is 12.5. The first-order valence-electron chi connectivity index (χ1n) is 7.79. The average Bonchev–Trinajstić information content (AvgIpc) is 2.61. The minimum atomic E-state index is -4.81. The van der Waals surface area contributed by atoms with Gasteiger partial charge in [-0.05, 0) is 24.6 Å². The molecule has 1 heterocycles. The maximum Gasteiger partial charge on any atom is 0.421 e.